The van der Waals surface area contributed by atoms with Crippen molar-refractivity contribution in [2.45, 2.75) is 52.1 Å². The van der Waals surface area contributed by atoms with Crippen LogP contribution in [-0.2, 0) is 4.79 Å². The Hall–Kier alpha value is -3.00. The molecule has 2 aromatic rings. The van der Waals surface area contributed by atoms with Crippen LogP contribution in [0.5, 0.6) is 11.5 Å². The first-order valence-electron chi connectivity index (χ1n) is 10.7. The van der Waals surface area contributed by atoms with E-state index in [1.165, 1.54) is 0 Å². The minimum Gasteiger partial charge on any atom is -0.494 e. The van der Waals surface area contributed by atoms with E-state index in [1.54, 1.807) is 6.92 Å². The van der Waals surface area contributed by atoms with E-state index in [-0.39, 0.29) is 17.8 Å². The standard InChI is InChI=1S/C25H30N2O3/c1-4-13-29-23-9-10-25(21(15-23)16-26)27-12-11-24(17-27)30-22-7-5-20(6-8-22)18(2)14-19(3)28/h5-10,15,18,24H,4,11-14,17H2,1-3H3/t18-,24?/m1/s1. The quantitative estimate of drug-likeness (QED) is 0.581. The normalized spacial score (nSPS) is 16.7. The molecule has 2 atom stereocenters. The second kappa shape index (κ2) is 10.2. The lowest BCUT2D eigenvalue weighted by Gasteiger charge is -2.21. The summed E-state index contributed by atoms with van der Waals surface area (Å²) in [4.78, 5) is 13.5. The number of ketones is 1. The summed E-state index contributed by atoms with van der Waals surface area (Å²) in [6, 6.07) is 16.1. The maximum Gasteiger partial charge on any atom is 0.130 e. The van der Waals surface area contributed by atoms with Crippen LogP contribution in [0.4, 0.5) is 5.69 Å². The number of nitrogens with zero attached hydrogens (tertiary/aromatic N) is 2. The van der Waals surface area contributed by atoms with Crippen LogP contribution in [-0.4, -0.2) is 31.6 Å². The molecule has 0 amide bonds. The Morgan fingerprint density at radius 2 is 1.97 bits per heavy atom. The summed E-state index contributed by atoms with van der Waals surface area (Å²) in [5.74, 6) is 2.00. The number of Topliss-reactive ketones (excluding diaryl/α,β-unsaturated/α-hetero) is 1. The van der Waals surface area contributed by atoms with Crippen LogP contribution in [0.15, 0.2) is 42.5 Å². The highest BCUT2D eigenvalue weighted by atomic mass is 16.5. The number of rotatable bonds is 9. The maximum absolute atomic E-state index is 11.3. The number of nitriles is 1. The van der Waals surface area contributed by atoms with Gasteiger partial charge in [-0.3, -0.25) is 0 Å². The van der Waals surface area contributed by atoms with Gasteiger partial charge in [0.1, 0.15) is 29.5 Å². The lowest BCUT2D eigenvalue weighted by molar-refractivity contribution is -0.117. The maximum atomic E-state index is 11.3. The van der Waals surface area contributed by atoms with Crippen LogP contribution in [0.3, 0.4) is 0 Å². The Kier molecular flexibility index (Phi) is 7.35. The molecule has 0 N–H and O–H groups in total. The highest BCUT2D eigenvalue weighted by Gasteiger charge is 2.26. The lowest BCUT2D eigenvalue weighted by Crippen LogP contribution is -2.25. The van der Waals surface area contributed by atoms with E-state index in [2.05, 4.69) is 24.8 Å². The van der Waals surface area contributed by atoms with Gasteiger partial charge in [-0.1, -0.05) is 26.0 Å². The molecule has 5 heteroatoms. The summed E-state index contributed by atoms with van der Waals surface area (Å²) >= 11 is 0. The van der Waals surface area contributed by atoms with Gasteiger partial charge in [0.2, 0.25) is 0 Å². The summed E-state index contributed by atoms with van der Waals surface area (Å²) in [5, 5.41) is 9.57. The molecule has 1 aliphatic rings. The average molecular weight is 407 g/mol. The van der Waals surface area contributed by atoms with E-state index in [1.807, 2.05) is 42.5 Å². The van der Waals surface area contributed by atoms with E-state index in [0.717, 1.165) is 48.7 Å². The zero-order valence-electron chi connectivity index (χ0n) is 18.1. The molecule has 3 rings (SSSR count). The molecule has 0 radical (unpaired) electrons. The molecule has 0 spiro atoms. The first kappa shape index (κ1) is 21.7. The number of ether oxygens (including phenoxy) is 2. The van der Waals surface area contributed by atoms with Crippen LogP contribution >= 0.6 is 0 Å². The second-order valence-electron chi connectivity index (χ2n) is 7.99. The SMILES string of the molecule is CCCOc1ccc(N2CCC(Oc3ccc([C@H](C)CC(C)=O)cc3)C2)c(C#N)c1. The van der Waals surface area contributed by atoms with Gasteiger partial charge in [-0.25, -0.2) is 0 Å². The van der Waals surface area contributed by atoms with Crippen molar-refractivity contribution in [3.8, 4) is 17.6 Å². The topological polar surface area (TPSA) is 62.6 Å². The van der Waals surface area contributed by atoms with Gasteiger partial charge in [0, 0.05) is 19.4 Å². The fraction of sp³-hybridized carbons (Fsp3) is 0.440. The van der Waals surface area contributed by atoms with Crippen LogP contribution in [0, 0.1) is 11.3 Å². The van der Waals surface area contributed by atoms with Crippen LogP contribution in [0.25, 0.3) is 0 Å². The predicted octanol–water partition coefficient (Wildman–Crippen LogP) is 5.09. The largest absolute Gasteiger partial charge is 0.494 e. The molecule has 1 fully saturated rings. The molecule has 1 saturated heterocycles. The first-order chi connectivity index (χ1) is 14.5. The van der Waals surface area contributed by atoms with E-state index in [0.29, 0.717) is 18.6 Å². The second-order valence-corrected chi connectivity index (χ2v) is 7.99. The predicted molar refractivity (Wildman–Crippen MR) is 118 cm³/mol. The van der Waals surface area contributed by atoms with Gasteiger partial charge in [0.15, 0.2) is 0 Å². The van der Waals surface area contributed by atoms with Gasteiger partial charge in [0.05, 0.1) is 24.4 Å². The van der Waals surface area contributed by atoms with Crippen molar-refractivity contribution in [2.24, 2.45) is 0 Å². The molecule has 1 heterocycles. The molecule has 1 unspecified atom stereocenters. The number of carbonyl (C=O) groups excluding carboxylic acids is 1. The van der Waals surface area contributed by atoms with Crippen LogP contribution in [0.2, 0.25) is 0 Å². The van der Waals surface area contributed by atoms with Gasteiger partial charge in [-0.2, -0.15) is 5.26 Å². The van der Waals surface area contributed by atoms with E-state index in [9.17, 15) is 10.1 Å². The number of anilines is 1. The van der Waals surface area contributed by atoms with Crippen molar-refractivity contribution in [3.63, 3.8) is 0 Å². The van der Waals surface area contributed by atoms with Gasteiger partial charge < -0.3 is 19.2 Å². The van der Waals surface area contributed by atoms with Gasteiger partial charge >= 0.3 is 0 Å². The third-order valence-electron chi connectivity index (χ3n) is 5.39. The first-order valence-corrected chi connectivity index (χ1v) is 10.7. The fourth-order valence-electron chi connectivity index (χ4n) is 3.85. The van der Waals surface area contributed by atoms with Gasteiger partial charge in [-0.15, -0.1) is 0 Å². The summed E-state index contributed by atoms with van der Waals surface area (Å²) in [5.41, 5.74) is 2.71. The van der Waals surface area contributed by atoms with E-state index >= 15 is 0 Å². The molecular weight excluding hydrogens is 376 g/mol. The lowest BCUT2D eigenvalue weighted by atomic mass is 9.96. The number of hydrogen-bond acceptors (Lipinski definition) is 5. The number of benzene rings is 2. The van der Waals surface area contributed by atoms with Crippen molar-refractivity contribution in [1.82, 2.24) is 0 Å². The smallest absolute Gasteiger partial charge is 0.130 e. The average Bonchev–Trinajstić information content (AvgIpc) is 3.20. The number of hydrogen-bond donors (Lipinski definition) is 0. The van der Waals surface area contributed by atoms with E-state index in [4.69, 9.17) is 9.47 Å². The third kappa shape index (κ3) is 5.54. The monoisotopic (exact) mass is 406 g/mol. The van der Waals surface area contributed by atoms with Crippen molar-refractivity contribution >= 4 is 11.5 Å². The zero-order chi connectivity index (χ0) is 21.5. The summed E-state index contributed by atoms with van der Waals surface area (Å²) in [6.45, 7) is 8.00. The summed E-state index contributed by atoms with van der Waals surface area (Å²) < 4.78 is 11.8. The van der Waals surface area contributed by atoms with Gasteiger partial charge in [0.25, 0.3) is 0 Å². The van der Waals surface area contributed by atoms with E-state index < -0.39 is 0 Å². The highest BCUT2D eigenvalue weighted by molar-refractivity contribution is 5.76. The molecule has 5 nitrogen and oxygen atoms in total. The molecule has 2 aromatic carbocycles. The van der Waals surface area contributed by atoms with Gasteiger partial charge in [-0.05, 0) is 55.2 Å². The highest BCUT2D eigenvalue weighted by Crippen LogP contribution is 2.30. The Morgan fingerprint density at radius 3 is 2.63 bits per heavy atom. The number of carbonyl (C=O) groups is 1. The third-order valence-corrected chi connectivity index (χ3v) is 5.39. The molecule has 0 aliphatic carbocycles. The molecule has 0 saturated carbocycles. The Bertz CT molecular complexity index is 902. The van der Waals surface area contributed by atoms with Crippen molar-refractivity contribution in [3.05, 3.63) is 53.6 Å². The van der Waals surface area contributed by atoms with Crippen molar-refractivity contribution in [1.29, 1.82) is 5.26 Å². The minimum absolute atomic E-state index is 0.0769. The molecular formula is C25H30N2O3. The van der Waals surface area contributed by atoms with Crippen LogP contribution < -0.4 is 14.4 Å². The Morgan fingerprint density at radius 1 is 1.23 bits per heavy atom. The molecule has 30 heavy (non-hydrogen) atoms. The Balaban J connectivity index is 1.60. The van der Waals surface area contributed by atoms with Crippen molar-refractivity contribution < 1.29 is 14.3 Å². The molecule has 158 valence electrons. The molecule has 0 aromatic heterocycles. The van der Waals surface area contributed by atoms with Crippen LogP contribution in [0.1, 0.15) is 57.1 Å². The summed E-state index contributed by atoms with van der Waals surface area (Å²) in [7, 11) is 0. The zero-order valence-corrected chi connectivity index (χ0v) is 18.1. The Labute approximate surface area is 179 Å². The molecule has 1 aliphatic heterocycles. The minimum atomic E-state index is 0.0769. The fourth-order valence-corrected chi connectivity index (χ4v) is 3.85. The summed E-state index contributed by atoms with van der Waals surface area (Å²) in [6.07, 6.45) is 2.47. The van der Waals surface area contributed by atoms with Crippen molar-refractivity contribution in [2.75, 3.05) is 24.6 Å². The molecule has 0 bridgehead atoms.